The third-order valence-electron chi connectivity index (χ3n) is 1.67. The molecule has 0 atom stereocenters. The van der Waals surface area contributed by atoms with E-state index in [1.165, 1.54) is 0 Å². The molecule has 3 N–H and O–H groups in total. The molecule has 4 nitrogen and oxygen atoms in total. The summed E-state index contributed by atoms with van der Waals surface area (Å²) in [7, 11) is 0. The van der Waals surface area contributed by atoms with Crippen molar-refractivity contribution in [3.05, 3.63) is 38.2 Å². The molecule has 0 aliphatic rings. The summed E-state index contributed by atoms with van der Waals surface area (Å²) in [5.41, 5.74) is 5.64. The van der Waals surface area contributed by atoms with E-state index in [0.717, 1.165) is 11.3 Å². The maximum Gasteiger partial charge on any atom is 0.307 e. The molecule has 1 aromatic heterocycles. The molecule has 0 bridgehead atoms. The number of nitrogens with two attached hydrogens (primary N) is 1. The van der Waals surface area contributed by atoms with Gasteiger partial charge in [0.25, 0.3) is 5.56 Å². The highest BCUT2D eigenvalue weighted by molar-refractivity contribution is 7.15. The van der Waals surface area contributed by atoms with Crippen LogP contribution in [0, 0.1) is 0 Å². The predicted octanol–water partition coefficient (Wildman–Crippen LogP) is 0.532. The van der Waals surface area contributed by atoms with Crippen LogP contribution in [0.2, 0.25) is 0 Å². The number of rotatable bonds is 0. The van der Waals surface area contributed by atoms with E-state index in [9.17, 15) is 9.59 Å². The van der Waals surface area contributed by atoms with Gasteiger partial charge >= 0.3 is 4.87 Å². The first kappa shape index (κ1) is 8.00. The van der Waals surface area contributed by atoms with Gasteiger partial charge in [-0.3, -0.25) is 14.6 Å². The summed E-state index contributed by atoms with van der Waals surface area (Å²) >= 11 is 0.998. The maximum absolute atomic E-state index is 11.2. The highest BCUT2D eigenvalue weighted by Gasteiger charge is 2.00. The number of hydrogen-bond acceptors (Lipinski definition) is 4. The third kappa shape index (κ3) is 1.33. The fourth-order valence-electron chi connectivity index (χ4n) is 1.10. The lowest BCUT2D eigenvalue weighted by atomic mass is 10.2. The molecule has 0 unspecified atom stereocenters. The molecule has 2 rings (SSSR count). The van der Waals surface area contributed by atoms with Gasteiger partial charge in [0.05, 0.1) is 5.39 Å². The molecule has 13 heavy (non-hydrogen) atoms. The summed E-state index contributed by atoms with van der Waals surface area (Å²) in [4.78, 5) is 24.0. The minimum atomic E-state index is -0.383. The average Bonchev–Trinajstić information content (AvgIpc) is 2.06. The zero-order valence-electron chi connectivity index (χ0n) is 6.53. The highest BCUT2D eigenvalue weighted by Crippen LogP contribution is 2.14. The van der Waals surface area contributed by atoms with Crippen molar-refractivity contribution in [2.24, 2.45) is 0 Å². The molecule has 1 heterocycles. The molecule has 0 saturated heterocycles. The van der Waals surface area contributed by atoms with Crippen molar-refractivity contribution in [1.29, 1.82) is 0 Å². The molecule has 0 radical (unpaired) electrons. The fourth-order valence-corrected chi connectivity index (χ4v) is 1.84. The van der Waals surface area contributed by atoms with Crippen LogP contribution in [0.15, 0.2) is 27.8 Å². The van der Waals surface area contributed by atoms with Crippen LogP contribution in [-0.2, 0) is 0 Å². The van der Waals surface area contributed by atoms with Gasteiger partial charge in [0.1, 0.15) is 0 Å². The molecule has 0 aliphatic heterocycles. The zero-order valence-corrected chi connectivity index (χ0v) is 7.35. The second-order valence-corrected chi connectivity index (χ2v) is 3.61. The van der Waals surface area contributed by atoms with Gasteiger partial charge in [-0.2, -0.15) is 0 Å². The molecule has 0 fully saturated rings. The first-order valence-corrected chi connectivity index (χ1v) is 4.41. The largest absolute Gasteiger partial charge is 0.399 e. The van der Waals surface area contributed by atoms with Gasteiger partial charge in [-0.15, -0.1) is 0 Å². The molecule has 0 saturated carbocycles. The molecule has 66 valence electrons. The van der Waals surface area contributed by atoms with Crippen molar-refractivity contribution in [3.63, 3.8) is 0 Å². The predicted molar refractivity (Wildman–Crippen MR) is 53.1 cm³/mol. The lowest BCUT2D eigenvalue weighted by Crippen LogP contribution is -2.15. The van der Waals surface area contributed by atoms with E-state index in [2.05, 4.69) is 4.98 Å². The Hall–Kier alpha value is -1.62. The monoisotopic (exact) mass is 194 g/mol. The van der Waals surface area contributed by atoms with Crippen molar-refractivity contribution in [3.8, 4) is 0 Å². The molecule has 0 spiro atoms. The fraction of sp³-hybridized carbons (Fsp3) is 0. The number of anilines is 1. The second kappa shape index (κ2) is 2.70. The van der Waals surface area contributed by atoms with Crippen LogP contribution in [0.5, 0.6) is 0 Å². The van der Waals surface area contributed by atoms with E-state index < -0.39 is 0 Å². The molecule has 2 aromatic rings. The lowest BCUT2D eigenvalue weighted by Gasteiger charge is -1.95. The summed E-state index contributed by atoms with van der Waals surface area (Å²) in [5.74, 6) is 0. The van der Waals surface area contributed by atoms with E-state index in [0.29, 0.717) is 15.8 Å². The summed E-state index contributed by atoms with van der Waals surface area (Å²) in [5, 5.41) is 0.463. The van der Waals surface area contributed by atoms with Crippen LogP contribution >= 0.6 is 11.3 Å². The Morgan fingerprint density at radius 1 is 1.31 bits per heavy atom. The van der Waals surface area contributed by atoms with Crippen LogP contribution in [0.25, 0.3) is 10.1 Å². The topological polar surface area (TPSA) is 76.0 Å². The maximum atomic E-state index is 11.2. The number of H-pyrrole nitrogens is 1. The standard InChI is InChI=1S/C8H6N2O2S/c9-4-1-2-6-5(3-4)7(11)10-8(12)13-6/h1-3H,9H2,(H,10,11,12). The van der Waals surface area contributed by atoms with E-state index in [-0.39, 0.29) is 10.4 Å². The highest BCUT2D eigenvalue weighted by atomic mass is 32.1. The van der Waals surface area contributed by atoms with Crippen LogP contribution in [0.4, 0.5) is 5.69 Å². The molecule has 0 amide bonds. The Labute approximate surface area is 76.6 Å². The molecular formula is C8H6N2O2S. The number of hydrogen-bond donors (Lipinski definition) is 2. The Bertz CT molecular complexity index is 570. The van der Waals surface area contributed by atoms with Gasteiger partial charge in [-0.25, -0.2) is 0 Å². The summed E-state index contributed by atoms with van der Waals surface area (Å²) < 4.78 is 0.656. The Kier molecular flexibility index (Phi) is 1.66. The zero-order chi connectivity index (χ0) is 9.42. The second-order valence-electron chi connectivity index (χ2n) is 2.60. The first-order chi connectivity index (χ1) is 6.16. The summed E-state index contributed by atoms with van der Waals surface area (Å²) in [6.45, 7) is 0. The van der Waals surface area contributed by atoms with E-state index in [4.69, 9.17) is 5.73 Å². The SMILES string of the molecule is Nc1ccc2sc(=O)[nH]c(=O)c2c1. The van der Waals surface area contributed by atoms with Crippen molar-refractivity contribution in [2.45, 2.75) is 0 Å². The normalized spacial score (nSPS) is 10.5. The van der Waals surface area contributed by atoms with Crippen LogP contribution in [0.3, 0.4) is 0 Å². The third-order valence-corrected chi connectivity index (χ3v) is 2.53. The Morgan fingerprint density at radius 2 is 2.08 bits per heavy atom. The van der Waals surface area contributed by atoms with E-state index in [1.54, 1.807) is 18.2 Å². The van der Waals surface area contributed by atoms with Gasteiger partial charge in [-0.1, -0.05) is 11.3 Å². The minimum Gasteiger partial charge on any atom is -0.399 e. The number of aromatic nitrogens is 1. The van der Waals surface area contributed by atoms with Crippen molar-refractivity contribution in [1.82, 2.24) is 4.98 Å². The minimum absolute atomic E-state index is 0.345. The number of fused-ring (bicyclic) bond motifs is 1. The van der Waals surface area contributed by atoms with E-state index in [1.807, 2.05) is 0 Å². The van der Waals surface area contributed by atoms with Crippen LogP contribution in [-0.4, -0.2) is 4.98 Å². The smallest absolute Gasteiger partial charge is 0.307 e. The quantitative estimate of drug-likeness (QED) is 0.601. The van der Waals surface area contributed by atoms with Gasteiger partial charge in [0, 0.05) is 10.4 Å². The average molecular weight is 194 g/mol. The van der Waals surface area contributed by atoms with Crippen molar-refractivity contribution in [2.75, 3.05) is 5.73 Å². The van der Waals surface area contributed by atoms with Crippen molar-refractivity contribution >= 4 is 27.1 Å². The summed E-state index contributed by atoms with van der Waals surface area (Å²) in [6.07, 6.45) is 0. The molecular weight excluding hydrogens is 188 g/mol. The van der Waals surface area contributed by atoms with Gasteiger partial charge in [-0.05, 0) is 18.2 Å². The number of aromatic amines is 1. The number of nitrogens with one attached hydrogen (secondary N) is 1. The van der Waals surface area contributed by atoms with Gasteiger partial charge < -0.3 is 5.73 Å². The van der Waals surface area contributed by atoms with Crippen molar-refractivity contribution < 1.29 is 0 Å². The van der Waals surface area contributed by atoms with Gasteiger partial charge in [0.2, 0.25) is 0 Å². The molecule has 0 aliphatic carbocycles. The summed E-state index contributed by atoms with van der Waals surface area (Å²) in [6, 6.07) is 4.90. The van der Waals surface area contributed by atoms with Crippen LogP contribution in [0.1, 0.15) is 0 Å². The Morgan fingerprint density at radius 3 is 2.85 bits per heavy atom. The van der Waals surface area contributed by atoms with Gasteiger partial charge in [0.15, 0.2) is 0 Å². The van der Waals surface area contributed by atoms with Crippen LogP contribution < -0.4 is 16.2 Å². The number of benzene rings is 1. The molecule has 1 aromatic carbocycles. The number of nitrogen functional groups attached to an aromatic ring is 1. The first-order valence-electron chi connectivity index (χ1n) is 3.59. The molecule has 5 heteroatoms. The lowest BCUT2D eigenvalue weighted by molar-refractivity contribution is 1.25. The Balaban J connectivity index is 3.04. The van der Waals surface area contributed by atoms with E-state index >= 15 is 0 Å².